The van der Waals surface area contributed by atoms with E-state index in [-0.39, 0.29) is 23.1 Å². The molecule has 7 heteroatoms. The molecule has 1 aliphatic heterocycles. The fourth-order valence-corrected chi connectivity index (χ4v) is 3.98. The Morgan fingerprint density at radius 3 is 2.16 bits per heavy atom. The number of carbonyl (C=O) groups is 3. The number of rotatable bonds is 13. The molecule has 0 bridgehead atoms. The van der Waals surface area contributed by atoms with Crippen molar-refractivity contribution in [2.24, 2.45) is 17.3 Å². The summed E-state index contributed by atoms with van der Waals surface area (Å²) >= 11 is 0. The maximum Gasteiger partial charge on any atom is 0.253 e. The molecular weight excluding hydrogens is 396 g/mol. The topological polar surface area (TPSA) is 84.9 Å². The Morgan fingerprint density at radius 2 is 1.55 bits per heavy atom. The highest BCUT2D eigenvalue weighted by atomic mass is 16.5. The lowest BCUT2D eigenvalue weighted by molar-refractivity contribution is -0.137. The van der Waals surface area contributed by atoms with Crippen LogP contribution >= 0.6 is 0 Å². The molecule has 1 aliphatic carbocycles. The third-order valence-electron chi connectivity index (χ3n) is 6.04. The van der Waals surface area contributed by atoms with Gasteiger partial charge in [0.05, 0.1) is 19.8 Å². The van der Waals surface area contributed by atoms with E-state index in [0.29, 0.717) is 51.2 Å². The van der Waals surface area contributed by atoms with Gasteiger partial charge in [0.15, 0.2) is 0 Å². The van der Waals surface area contributed by atoms with Crippen LogP contribution in [-0.4, -0.2) is 62.1 Å². The minimum absolute atomic E-state index is 0.0906. The zero-order chi connectivity index (χ0) is 22.7. The first-order valence-corrected chi connectivity index (χ1v) is 11.7. The van der Waals surface area contributed by atoms with E-state index in [0.717, 1.165) is 45.1 Å². The monoisotopic (exact) mass is 436 g/mol. The summed E-state index contributed by atoms with van der Waals surface area (Å²) in [7, 11) is 0. The van der Waals surface area contributed by atoms with E-state index in [4.69, 9.17) is 9.47 Å². The number of nitrogens with zero attached hydrogens (tertiary/aromatic N) is 1. The molecule has 176 valence electrons. The second kappa shape index (κ2) is 13.0. The second-order valence-corrected chi connectivity index (χ2v) is 9.93. The molecule has 0 atom stereocenters. The third-order valence-corrected chi connectivity index (χ3v) is 6.04. The highest BCUT2D eigenvalue weighted by molar-refractivity contribution is 6.12. The summed E-state index contributed by atoms with van der Waals surface area (Å²) < 4.78 is 11.1. The molecule has 0 spiro atoms. The van der Waals surface area contributed by atoms with Gasteiger partial charge < -0.3 is 14.8 Å². The van der Waals surface area contributed by atoms with Crippen LogP contribution < -0.4 is 5.32 Å². The summed E-state index contributed by atoms with van der Waals surface area (Å²) in [6.07, 6.45) is 9.29. The first-order chi connectivity index (χ1) is 14.7. The molecule has 0 aromatic rings. The smallest absolute Gasteiger partial charge is 0.253 e. The van der Waals surface area contributed by atoms with Crippen molar-refractivity contribution in [3.05, 3.63) is 12.2 Å². The van der Waals surface area contributed by atoms with Gasteiger partial charge in [0.25, 0.3) is 11.8 Å². The van der Waals surface area contributed by atoms with E-state index < -0.39 is 0 Å². The van der Waals surface area contributed by atoms with Gasteiger partial charge in [0.2, 0.25) is 5.91 Å². The Labute approximate surface area is 186 Å². The Bertz CT molecular complexity index is 600. The first-order valence-electron chi connectivity index (χ1n) is 11.7. The van der Waals surface area contributed by atoms with Gasteiger partial charge >= 0.3 is 0 Å². The average Bonchev–Trinajstić information content (AvgIpc) is 3.03. The lowest BCUT2D eigenvalue weighted by Gasteiger charge is -2.29. The molecule has 0 aromatic heterocycles. The zero-order valence-corrected chi connectivity index (χ0v) is 19.5. The predicted molar refractivity (Wildman–Crippen MR) is 119 cm³/mol. The van der Waals surface area contributed by atoms with Crippen LogP contribution in [0.5, 0.6) is 0 Å². The average molecular weight is 437 g/mol. The molecule has 0 aromatic carbocycles. The fourth-order valence-electron chi connectivity index (χ4n) is 3.98. The largest absolute Gasteiger partial charge is 0.379 e. The summed E-state index contributed by atoms with van der Waals surface area (Å²) in [6, 6.07) is 0. The Kier molecular flexibility index (Phi) is 10.7. The number of ether oxygens (including phenoxy) is 2. The van der Waals surface area contributed by atoms with Crippen molar-refractivity contribution >= 4 is 17.7 Å². The Morgan fingerprint density at radius 1 is 0.968 bits per heavy atom. The van der Waals surface area contributed by atoms with E-state index in [1.165, 1.54) is 17.1 Å². The van der Waals surface area contributed by atoms with Crippen LogP contribution in [0, 0.1) is 17.3 Å². The van der Waals surface area contributed by atoms with Crippen LogP contribution in [0.4, 0.5) is 0 Å². The standard InChI is InChI=1S/C24H40N2O5/c1-24(2,3)11-14-30-16-17-31-15-12-25-21(27)18-20-6-4-19(5-7-20)10-13-26-22(28)8-9-23(26)29/h8-9,19-20H,4-7,10-18H2,1-3H3,(H,25,27)/t19-,20-. The van der Waals surface area contributed by atoms with E-state index in [1.54, 1.807) is 0 Å². The lowest BCUT2D eigenvalue weighted by Crippen LogP contribution is -2.33. The fraction of sp³-hybridized carbons (Fsp3) is 0.792. The van der Waals surface area contributed by atoms with Crippen molar-refractivity contribution in [1.29, 1.82) is 0 Å². The molecule has 3 amide bonds. The maximum absolute atomic E-state index is 12.2. The predicted octanol–water partition coefficient (Wildman–Crippen LogP) is 3.08. The second-order valence-electron chi connectivity index (χ2n) is 9.93. The van der Waals surface area contributed by atoms with Crippen LogP contribution in [0.3, 0.4) is 0 Å². The molecular formula is C24H40N2O5. The van der Waals surface area contributed by atoms with Gasteiger partial charge in [-0.15, -0.1) is 0 Å². The Balaban J connectivity index is 1.44. The number of imide groups is 1. The lowest BCUT2D eigenvalue weighted by atomic mass is 9.79. The van der Waals surface area contributed by atoms with Crippen LogP contribution in [0.25, 0.3) is 0 Å². The van der Waals surface area contributed by atoms with Crippen molar-refractivity contribution in [3.63, 3.8) is 0 Å². The van der Waals surface area contributed by atoms with Crippen molar-refractivity contribution in [2.75, 3.05) is 39.5 Å². The van der Waals surface area contributed by atoms with Crippen LogP contribution in [0.1, 0.15) is 65.7 Å². The summed E-state index contributed by atoms with van der Waals surface area (Å²) in [6.45, 7) is 10.0. The summed E-state index contributed by atoms with van der Waals surface area (Å²) in [4.78, 5) is 36.7. The van der Waals surface area contributed by atoms with Crippen LogP contribution in [0.2, 0.25) is 0 Å². The SMILES string of the molecule is CC(C)(C)CCOCCOCCNC(=O)C[C@H]1CC[C@H](CCN2C(=O)C=CC2=O)CC1. The number of carbonyl (C=O) groups excluding carboxylic acids is 3. The summed E-state index contributed by atoms with van der Waals surface area (Å²) in [5, 5.41) is 2.94. The van der Waals surface area contributed by atoms with Crippen molar-refractivity contribution in [3.8, 4) is 0 Å². The number of hydrogen-bond donors (Lipinski definition) is 1. The molecule has 0 unspecified atom stereocenters. The van der Waals surface area contributed by atoms with Crippen LogP contribution in [0.15, 0.2) is 12.2 Å². The van der Waals surface area contributed by atoms with E-state index >= 15 is 0 Å². The first kappa shape index (κ1) is 25.5. The van der Waals surface area contributed by atoms with E-state index in [2.05, 4.69) is 26.1 Å². The maximum atomic E-state index is 12.2. The van der Waals surface area contributed by atoms with Gasteiger partial charge in [0, 0.05) is 38.3 Å². The number of nitrogens with one attached hydrogen (secondary N) is 1. The normalized spacial score (nSPS) is 21.7. The molecule has 7 nitrogen and oxygen atoms in total. The number of hydrogen-bond acceptors (Lipinski definition) is 5. The number of amides is 3. The molecule has 2 aliphatic rings. The van der Waals surface area contributed by atoms with E-state index in [9.17, 15) is 14.4 Å². The van der Waals surface area contributed by atoms with Crippen molar-refractivity contribution in [1.82, 2.24) is 10.2 Å². The van der Waals surface area contributed by atoms with Gasteiger partial charge in [-0.25, -0.2) is 0 Å². The molecule has 2 rings (SSSR count). The summed E-state index contributed by atoms with van der Waals surface area (Å²) in [5.74, 6) is 0.636. The third kappa shape index (κ3) is 10.4. The highest BCUT2D eigenvalue weighted by Gasteiger charge is 2.27. The molecule has 1 fully saturated rings. The molecule has 1 heterocycles. The summed E-state index contributed by atoms with van der Waals surface area (Å²) in [5.41, 5.74) is 0.288. The van der Waals surface area contributed by atoms with Crippen LogP contribution in [-0.2, 0) is 23.9 Å². The highest BCUT2D eigenvalue weighted by Crippen LogP contribution is 2.32. The van der Waals surface area contributed by atoms with Crippen molar-refractivity contribution in [2.45, 2.75) is 65.7 Å². The molecule has 0 saturated heterocycles. The zero-order valence-electron chi connectivity index (χ0n) is 19.5. The van der Waals surface area contributed by atoms with Gasteiger partial charge in [-0.3, -0.25) is 19.3 Å². The van der Waals surface area contributed by atoms with Gasteiger partial charge in [-0.2, -0.15) is 0 Å². The molecule has 0 radical (unpaired) electrons. The molecule has 31 heavy (non-hydrogen) atoms. The van der Waals surface area contributed by atoms with Gasteiger partial charge in [-0.05, 0) is 42.9 Å². The molecule has 1 saturated carbocycles. The van der Waals surface area contributed by atoms with Gasteiger partial charge in [-0.1, -0.05) is 33.6 Å². The van der Waals surface area contributed by atoms with Crippen molar-refractivity contribution < 1.29 is 23.9 Å². The van der Waals surface area contributed by atoms with Gasteiger partial charge in [0.1, 0.15) is 0 Å². The van der Waals surface area contributed by atoms with E-state index in [1.807, 2.05) is 0 Å². The Hall–Kier alpha value is -1.73. The minimum Gasteiger partial charge on any atom is -0.379 e. The minimum atomic E-state index is -0.201. The quantitative estimate of drug-likeness (QED) is 0.354. The molecule has 1 N–H and O–H groups in total.